The highest BCUT2D eigenvalue weighted by atomic mass is 35.5. The molecule has 1 unspecified atom stereocenters. The molecule has 0 spiro atoms. The molecule has 0 aliphatic carbocycles. The smallest absolute Gasteiger partial charge is 0.290 e. The van der Waals surface area contributed by atoms with Crippen molar-refractivity contribution in [2.75, 3.05) is 11.9 Å². The van der Waals surface area contributed by atoms with Gasteiger partial charge in [-0.05, 0) is 30.7 Å². The summed E-state index contributed by atoms with van der Waals surface area (Å²) in [5.41, 5.74) is 0.556. The number of rotatable bonds is 5. The number of hydrogen-bond donors (Lipinski definition) is 2. The minimum Gasteiger partial charge on any atom is -0.387 e. The molecule has 0 amide bonds. The monoisotopic (exact) mass is 325 g/mol. The van der Waals surface area contributed by atoms with E-state index in [1.54, 1.807) is 0 Å². The standard InChI is InChI=1S/C14H13ClFN3O3/c1-8-12(19(21)22)4-5-14(18-8)17-7-13(20)9-2-3-10(15)11(16)6-9/h2-6,13,20H,7H2,1H3,(H,17,18). The van der Waals surface area contributed by atoms with Gasteiger partial charge in [-0.25, -0.2) is 9.37 Å². The van der Waals surface area contributed by atoms with Crippen molar-refractivity contribution in [3.8, 4) is 0 Å². The first-order chi connectivity index (χ1) is 10.4. The molecule has 116 valence electrons. The molecule has 0 fully saturated rings. The average molecular weight is 326 g/mol. The number of aryl methyl sites for hydroxylation is 1. The minimum atomic E-state index is -0.968. The van der Waals surface area contributed by atoms with Crippen LogP contribution in [0.15, 0.2) is 30.3 Å². The third-order valence-electron chi connectivity index (χ3n) is 3.06. The second-order valence-corrected chi connectivity index (χ2v) is 5.04. The van der Waals surface area contributed by atoms with Crippen LogP contribution < -0.4 is 5.32 Å². The number of nitro groups is 1. The Labute approximate surface area is 130 Å². The van der Waals surface area contributed by atoms with Crippen molar-refractivity contribution in [1.29, 1.82) is 0 Å². The largest absolute Gasteiger partial charge is 0.387 e. The highest BCUT2D eigenvalue weighted by Crippen LogP contribution is 2.22. The topological polar surface area (TPSA) is 88.3 Å². The Balaban J connectivity index is 2.04. The fraction of sp³-hybridized carbons (Fsp3) is 0.214. The molecule has 0 aliphatic rings. The Bertz CT molecular complexity index is 712. The van der Waals surface area contributed by atoms with Gasteiger partial charge in [0.25, 0.3) is 5.69 Å². The normalized spacial score (nSPS) is 12.0. The Morgan fingerprint density at radius 1 is 1.45 bits per heavy atom. The van der Waals surface area contributed by atoms with Gasteiger partial charge in [-0.15, -0.1) is 0 Å². The van der Waals surface area contributed by atoms with E-state index in [9.17, 15) is 19.6 Å². The maximum atomic E-state index is 13.3. The Morgan fingerprint density at radius 2 is 2.18 bits per heavy atom. The molecule has 1 aromatic carbocycles. The summed E-state index contributed by atoms with van der Waals surface area (Å²) in [4.78, 5) is 14.2. The van der Waals surface area contributed by atoms with Crippen LogP contribution in [-0.2, 0) is 0 Å². The average Bonchev–Trinajstić information content (AvgIpc) is 2.47. The maximum Gasteiger partial charge on any atom is 0.290 e. The van der Waals surface area contributed by atoms with E-state index in [2.05, 4.69) is 10.3 Å². The second-order valence-electron chi connectivity index (χ2n) is 4.63. The Morgan fingerprint density at radius 3 is 2.77 bits per heavy atom. The number of hydrogen-bond acceptors (Lipinski definition) is 5. The molecule has 2 N–H and O–H groups in total. The van der Waals surface area contributed by atoms with Gasteiger partial charge in [0.1, 0.15) is 17.3 Å². The summed E-state index contributed by atoms with van der Waals surface area (Å²) >= 11 is 5.58. The SMILES string of the molecule is Cc1nc(NCC(O)c2ccc(Cl)c(F)c2)ccc1[N+](=O)[O-]. The fourth-order valence-electron chi connectivity index (χ4n) is 1.88. The fourth-order valence-corrected chi connectivity index (χ4v) is 2.00. The number of halogens is 2. The van der Waals surface area contributed by atoms with Gasteiger partial charge in [-0.3, -0.25) is 10.1 Å². The summed E-state index contributed by atoms with van der Waals surface area (Å²) < 4.78 is 13.3. The summed E-state index contributed by atoms with van der Waals surface area (Å²) in [6, 6.07) is 6.82. The number of nitrogens with one attached hydrogen (secondary N) is 1. The van der Waals surface area contributed by atoms with Crippen LogP contribution in [0.4, 0.5) is 15.9 Å². The van der Waals surface area contributed by atoms with Crippen LogP contribution in [-0.4, -0.2) is 21.6 Å². The number of aliphatic hydroxyl groups is 1. The van der Waals surface area contributed by atoms with Gasteiger partial charge < -0.3 is 10.4 Å². The summed E-state index contributed by atoms with van der Waals surface area (Å²) in [7, 11) is 0. The molecular formula is C14H13ClFN3O3. The van der Waals surface area contributed by atoms with E-state index < -0.39 is 16.8 Å². The quantitative estimate of drug-likeness (QED) is 0.651. The lowest BCUT2D eigenvalue weighted by molar-refractivity contribution is -0.385. The third-order valence-corrected chi connectivity index (χ3v) is 3.37. The van der Waals surface area contributed by atoms with Crippen LogP contribution in [0.1, 0.15) is 17.4 Å². The van der Waals surface area contributed by atoms with E-state index in [4.69, 9.17) is 11.6 Å². The number of aliphatic hydroxyl groups excluding tert-OH is 1. The molecule has 22 heavy (non-hydrogen) atoms. The van der Waals surface area contributed by atoms with Crippen LogP contribution in [0.3, 0.4) is 0 Å². The number of aromatic nitrogens is 1. The van der Waals surface area contributed by atoms with Crippen LogP contribution in [0.5, 0.6) is 0 Å². The number of benzene rings is 1. The number of nitrogens with zero attached hydrogens (tertiary/aromatic N) is 2. The van der Waals surface area contributed by atoms with Gasteiger partial charge in [0.2, 0.25) is 0 Å². The highest BCUT2D eigenvalue weighted by Gasteiger charge is 2.13. The van der Waals surface area contributed by atoms with Gasteiger partial charge in [-0.1, -0.05) is 17.7 Å². The minimum absolute atomic E-state index is 0.0171. The number of pyridine rings is 1. The van der Waals surface area contributed by atoms with Gasteiger partial charge in [-0.2, -0.15) is 0 Å². The zero-order valence-electron chi connectivity index (χ0n) is 11.6. The van der Waals surface area contributed by atoms with Crippen molar-refractivity contribution < 1.29 is 14.4 Å². The van der Waals surface area contributed by atoms with Crippen molar-refractivity contribution in [2.45, 2.75) is 13.0 Å². The van der Waals surface area contributed by atoms with Crippen LogP contribution in [0, 0.1) is 22.9 Å². The molecule has 1 atom stereocenters. The van der Waals surface area contributed by atoms with E-state index >= 15 is 0 Å². The lowest BCUT2D eigenvalue weighted by Crippen LogP contribution is -2.13. The zero-order valence-corrected chi connectivity index (χ0v) is 12.3. The van der Waals surface area contributed by atoms with E-state index in [1.165, 1.54) is 31.2 Å². The predicted octanol–water partition coefficient (Wildman–Crippen LogP) is 3.24. The van der Waals surface area contributed by atoms with Gasteiger partial charge in [0.15, 0.2) is 0 Å². The Kier molecular flexibility index (Phi) is 4.89. The number of anilines is 1. The van der Waals surface area contributed by atoms with Crippen molar-refractivity contribution in [3.63, 3.8) is 0 Å². The van der Waals surface area contributed by atoms with Gasteiger partial charge in [0.05, 0.1) is 16.0 Å². The molecule has 0 saturated carbocycles. The lowest BCUT2D eigenvalue weighted by atomic mass is 10.1. The van der Waals surface area contributed by atoms with E-state index in [-0.39, 0.29) is 22.9 Å². The first kappa shape index (κ1) is 16.1. The highest BCUT2D eigenvalue weighted by molar-refractivity contribution is 6.30. The summed E-state index contributed by atoms with van der Waals surface area (Å²) in [5.74, 6) is -0.223. The molecule has 0 radical (unpaired) electrons. The van der Waals surface area contributed by atoms with Crippen LogP contribution >= 0.6 is 11.6 Å². The van der Waals surface area contributed by atoms with Crippen LogP contribution in [0.25, 0.3) is 0 Å². The molecule has 1 heterocycles. The zero-order chi connectivity index (χ0) is 16.3. The van der Waals surface area contributed by atoms with Gasteiger partial charge >= 0.3 is 0 Å². The van der Waals surface area contributed by atoms with Crippen LogP contribution in [0.2, 0.25) is 5.02 Å². The molecule has 6 nitrogen and oxygen atoms in total. The second kappa shape index (κ2) is 6.67. The molecule has 0 bridgehead atoms. The third kappa shape index (κ3) is 3.69. The van der Waals surface area contributed by atoms with Gasteiger partial charge in [0, 0.05) is 12.6 Å². The molecule has 8 heteroatoms. The molecule has 2 aromatic rings. The molecule has 1 aromatic heterocycles. The predicted molar refractivity (Wildman–Crippen MR) is 80.5 cm³/mol. The van der Waals surface area contributed by atoms with Crippen molar-refractivity contribution in [2.24, 2.45) is 0 Å². The maximum absolute atomic E-state index is 13.3. The van der Waals surface area contributed by atoms with Crippen molar-refractivity contribution in [1.82, 2.24) is 4.98 Å². The molecule has 2 rings (SSSR count). The molecule has 0 saturated heterocycles. The molecular weight excluding hydrogens is 313 g/mol. The van der Waals surface area contributed by atoms with E-state index in [0.29, 0.717) is 11.4 Å². The van der Waals surface area contributed by atoms with E-state index in [1.807, 2.05) is 0 Å². The summed E-state index contributed by atoms with van der Waals surface area (Å²) in [6.07, 6.45) is -0.968. The Hall–Kier alpha value is -2.25. The van der Waals surface area contributed by atoms with E-state index in [0.717, 1.165) is 6.07 Å². The summed E-state index contributed by atoms with van der Waals surface area (Å²) in [5, 5.41) is 23.5. The first-order valence-corrected chi connectivity index (χ1v) is 6.75. The first-order valence-electron chi connectivity index (χ1n) is 6.37. The molecule has 0 aliphatic heterocycles. The summed E-state index contributed by atoms with van der Waals surface area (Å²) in [6.45, 7) is 1.60. The van der Waals surface area contributed by atoms with Crippen molar-refractivity contribution >= 4 is 23.1 Å². The lowest BCUT2D eigenvalue weighted by Gasteiger charge is -2.13. The van der Waals surface area contributed by atoms with Crippen molar-refractivity contribution in [3.05, 3.63) is 62.5 Å².